The first-order valence-corrected chi connectivity index (χ1v) is 10.5. The Labute approximate surface area is 171 Å². The van der Waals surface area contributed by atoms with Crippen molar-refractivity contribution in [2.75, 3.05) is 12.9 Å². The molecule has 0 aliphatic heterocycles. The maximum Gasteiger partial charge on any atom is 0.124 e. The van der Waals surface area contributed by atoms with Crippen LogP contribution in [0.2, 0.25) is 0 Å². The fraction of sp³-hybridized carbons (Fsp3) is 0.476. The number of benzene rings is 1. The van der Waals surface area contributed by atoms with E-state index < -0.39 is 0 Å². The summed E-state index contributed by atoms with van der Waals surface area (Å²) in [6.07, 6.45) is 11.0. The molecular weight excluding hydrogens is 375 g/mol. The number of carbonyl (C=O) groups is 1. The van der Waals surface area contributed by atoms with Crippen molar-refractivity contribution in [3.05, 3.63) is 42.2 Å². The van der Waals surface area contributed by atoms with Crippen molar-refractivity contribution in [2.24, 2.45) is 18.0 Å². The lowest BCUT2D eigenvalue weighted by Gasteiger charge is -2.15. The van der Waals surface area contributed by atoms with E-state index >= 15 is 0 Å². The van der Waals surface area contributed by atoms with Gasteiger partial charge in [0.1, 0.15) is 12.1 Å². The summed E-state index contributed by atoms with van der Waals surface area (Å²) in [6, 6.07) is 4.53. The number of hydrogen-bond acceptors (Lipinski definition) is 5. The molecule has 1 aromatic heterocycles. The van der Waals surface area contributed by atoms with E-state index in [1.54, 1.807) is 12.4 Å². The van der Waals surface area contributed by atoms with Crippen LogP contribution in [0.3, 0.4) is 0 Å². The second-order valence-corrected chi connectivity index (χ2v) is 8.11. The molecule has 1 fully saturated rings. The summed E-state index contributed by atoms with van der Waals surface area (Å²) in [6.45, 7) is 4.26. The molecule has 1 saturated carbocycles. The van der Waals surface area contributed by atoms with Crippen LogP contribution in [0, 0.1) is 11.7 Å². The van der Waals surface area contributed by atoms with E-state index in [0.717, 1.165) is 42.1 Å². The molecule has 1 aliphatic carbocycles. The number of carbonyl (C=O) groups excluding carboxylic acids is 1. The normalized spacial score (nSPS) is 14.4. The highest BCUT2D eigenvalue weighted by Gasteiger charge is 2.10. The Morgan fingerprint density at radius 1 is 1.39 bits per heavy atom. The maximum absolute atomic E-state index is 13.3. The number of thioether (sulfide) groups is 1. The van der Waals surface area contributed by atoms with Crippen LogP contribution in [0.4, 0.5) is 10.1 Å². The average molecular weight is 405 g/mol. The molecule has 3 rings (SSSR count). The van der Waals surface area contributed by atoms with Crippen molar-refractivity contribution in [2.45, 2.75) is 43.5 Å². The first-order chi connectivity index (χ1) is 13.5. The zero-order valence-corrected chi connectivity index (χ0v) is 17.5. The van der Waals surface area contributed by atoms with Crippen molar-refractivity contribution < 1.29 is 9.18 Å². The molecule has 5 nitrogen and oxygen atoms in total. The number of aldehydes is 1. The molecule has 0 amide bonds. The van der Waals surface area contributed by atoms with E-state index in [2.05, 4.69) is 21.6 Å². The van der Waals surface area contributed by atoms with Crippen LogP contribution in [-0.4, -0.2) is 40.4 Å². The topological polar surface area (TPSA) is 50.5 Å². The molecule has 152 valence electrons. The Balaban J connectivity index is 0.000000292. The number of hydrogen-bond donors (Lipinski definition) is 0. The molecule has 0 N–H and O–H groups in total. The van der Waals surface area contributed by atoms with Crippen molar-refractivity contribution in [3.63, 3.8) is 0 Å². The van der Waals surface area contributed by atoms with Crippen LogP contribution in [-0.2, 0) is 18.4 Å². The van der Waals surface area contributed by atoms with Crippen LogP contribution < -0.4 is 0 Å². The van der Waals surface area contributed by atoms with Crippen molar-refractivity contribution in [1.82, 2.24) is 14.5 Å². The molecule has 2 aromatic rings. The predicted octanol–water partition coefficient (Wildman–Crippen LogP) is 4.84. The number of aromatic nitrogens is 2. The molecule has 28 heavy (non-hydrogen) atoms. The molecular formula is C21H29FN4OS. The number of imidazole rings is 1. The molecule has 0 atom stereocenters. The Hall–Kier alpha value is -1.99. The Morgan fingerprint density at radius 3 is 2.71 bits per heavy atom. The lowest BCUT2D eigenvalue weighted by atomic mass is 9.91. The number of nitrogens with zero attached hydrogens (tertiary/aromatic N) is 4. The van der Waals surface area contributed by atoms with Crippen molar-refractivity contribution in [3.8, 4) is 0 Å². The van der Waals surface area contributed by atoms with Crippen molar-refractivity contribution >= 4 is 30.5 Å². The van der Waals surface area contributed by atoms with Gasteiger partial charge in [-0.05, 0) is 44.8 Å². The molecule has 0 radical (unpaired) electrons. The summed E-state index contributed by atoms with van der Waals surface area (Å²) in [4.78, 5) is 21.3. The van der Waals surface area contributed by atoms with E-state index in [9.17, 15) is 9.18 Å². The Kier molecular flexibility index (Phi) is 9.37. The molecule has 0 saturated heterocycles. The summed E-state index contributed by atoms with van der Waals surface area (Å²) >= 11 is 1.54. The lowest BCUT2D eigenvalue weighted by molar-refractivity contribution is -0.111. The molecule has 1 heterocycles. The summed E-state index contributed by atoms with van der Waals surface area (Å²) in [7, 11) is 3.95. The van der Waals surface area contributed by atoms with E-state index in [1.807, 2.05) is 24.9 Å². The molecule has 0 bridgehead atoms. The minimum atomic E-state index is -0.257. The van der Waals surface area contributed by atoms with Crippen LogP contribution in [0.25, 0.3) is 0 Å². The second-order valence-electron chi connectivity index (χ2n) is 7.12. The number of rotatable bonds is 7. The molecule has 0 unspecified atom stereocenters. The van der Waals surface area contributed by atoms with Gasteiger partial charge in [0.15, 0.2) is 0 Å². The van der Waals surface area contributed by atoms with E-state index in [1.165, 1.54) is 43.2 Å². The third-order valence-corrected chi connectivity index (χ3v) is 5.77. The smallest absolute Gasteiger partial charge is 0.124 e. The highest BCUT2D eigenvalue weighted by molar-refractivity contribution is 7.99. The molecule has 7 heteroatoms. The summed E-state index contributed by atoms with van der Waals surface area (Å²) in [5, 5.41) is 0. The number of aryl methyl sites for hydroxylation is 1. The quantitative estimate of drug-likeness (QED) is 0.287. The van der Waals surface area contributed by atoms with Gasteiger partial charge in [0.25, 0.3) is 0 Å². The Morgan fingerprint density at radius 2 is 2.14 bits per heavy atom. The molecule has 1 aliphatic rings. The zero-order chi connectivity index (χ0) is 20.4. The van der Waals surface area contributed by atoms with Crippen LogP contribution in [0.5, 0.6) is 0 Å². The lowest BCUT2D eigenvalue weighted by Crippen LogP contribution is -2.17. The maximum atomic E-state index is 13.3. The fourth-order valence-electron chi connectivity index (χ4n) is 3.05. The largest absolute Gasteiger partial charge is 0.340 e. The first-order valence-electron chi connectivity index (χ1n) is 9.51. The third kappa shape index (κ3) is 7.56. The van der Waals surface area contributed by atoms with Gasteiger partial charge in [-0.15, -0.1) is 11.8 Å². The molecule has 1 aromatic carbocycles. The van der Waals surface area contributed by atoms with Crippen LogP contribution in [0.1, 0.15) is 37.8 Å². The number of aliphatic imine (C=N–C) groups is 1. The average Bonchev–Trinajstić information content (AvgIpc) is 3.12. The minimum Gasteiger partial charge on any atom is -0.340 e. The first kappa shape index (κ1) is 22.3. The predicted molar refractivity (Wildman–Crippen MR) is 114 cm³/mol. The van der Waals surface area contributed by atoms with Crippen LogP contribution in [0.15, 0.2) is 40.6 Å². The summed E-state index contributed by atoms with van der Waals surface area (Å²) in [5.74, 6) is 0.874. The van der Waals surface area contributed by atoms with E-state index in [4.69, 9.17) is 0 Å². The monoisotopic (exact) mass is 404 g/mol. The van der Waals surface area contributed by atoms with Crippen LogP contribution >= 0.6 is 11.8 Å². The van der Waals surface area contributed by atoms with Gasteiger partial charge in [0.2, 0.25) is 0 Å². The van der Waals surface area contributed by atoms with Gasteiger partial charge in [-0.3, -0.25) is 9.89 Å². The standard InChI is InChI=1S/C14H17FN4S.C7H12O/c1-16-13-5-4-11(15)6-14(13)20-10-19(3)8-12-7-18(2)9-17-12;8-6-7-4-2-1-3-5-7/h4-7,9H,1,8,10H2,2-3H3;6-7H,1-5H2. The van der Waals surface area contributed by atoms with Gasteiger partial charge in [-0.2, -0.15) is 0 Å². The van der Waals surface area contributed by atoms with Gasteiger partial charge < -0.3 is 9.36 Å². The highest BCUT2D eigenvalue weighted by atomic mass is 32.2. The van der Waals surface area contributed by atoms with Gasteiger partial charge in [0, 0.05) is 36.5 Å². The number of halogens is 1. The third-order valence-electron chi connectivity index (χ3n) is 4.57. The van der Waals surface area contributed by atoms with Crippen molar-refractivity contribution in [1.29, 1.82) is 0 Å². The molecule has 0 spiro atoms. The SMILES string of the molecule is C=Nc1ccc(F)cc1SCN(C)Cc1cn(C)cn1.O=CC1CCCCC1. The minimum absolute atomic E-state index is 0.257. The van der Waals surface area contributed by atoms with Gasteiger partial charge in [0.05, 0.1) is 17.7 Å². The van der Waals surface area contributed by atoms with Gasteiger partial charge >= 0.3 is 0 Å². The highest BCUT2D eigenvalue weighted by Crippen LogP contribution is 2.30. The van der Waals surface area contributed by atoms with E-state index in [0.29, 0.717) is 11.6 Å². The Bertz CT molecular complexity index is 759. The second kappa shape index (κ2) is 11.8. The van der Waals surface area contributed by atoms with Gasteiger partial charge in [-0.1, -0.05) is 19.3 Å². The fourth-order valence-corrected chi connectivity index (χ4v) is 3.98. The summed E-state index contributed by atoms with van der Waals surface area (Å²) < 4.78 is 15.2. The van der Waals surface area contributed by atoms with E-state index in [-0.39, 0.29) is 5.82 Å². The zero-order valence-electron chi connectivity index (χ0n) is 16.7. The van der Waals surface area contributed by atoms with Gasteiger partial charge in [-0.25, -0.2) is 9.37 Å². The summed E-state index contributed by atoms with van der Waals surface area (Å²) in [5.41, 5.74) is 1.72.